The van der Waals surface area contributed by atoms with Gasteiger partial charge in [0.05, 0.1) is 0 Å². The minimum absolute atomic E-state index is 0.505. The molecule has 1 atom stereocenters. The van der Waals surface area contributed by atoms with Crippen LogP contribution in [0.15, 0.2) is 188 Å². The number of hydrogen-bond acceptors (Lipinski definition) is 0. The van der Waals surface area contributed by atoms with Crippen LogP contribution in [0.25, 0.3) is 32.7 Å². The minimum Gasteiger partial charge on any atom is -0.0648 e. The van der Waals surface area contributed by atoms with E-state index in [1.807, 2.05) is 0 Å². The van der Waals surface area contributed by atoms with E-state index >= 15 is 0 Å². The Kier molecular flexibility index (Phi) is 9.41. The summed E-state index contributed by atoms with van der Waals surface area (Å²) in [6.07, 6.45) is 1.12. The monoisotopic (exact) mass is 678 g/mol. The van der Waals surface area contributed by atoms with E-state index < -0.39 is 15.8 Å². The zero-order valence-electron chi connectivity index (χ0n) is 28.6. The molecule has 8 aromatic rings. The molecule has 0 fully saturated rings. The zero-order valence-corrected chi connectivity index (χ0v) is 30.4. The topological polar surface area (TPSA) is 0 Å². The maximum atomic E-state index is 2.46. The first-order valence-corrected chi connectivity index (χ1v) is 20.3. The van der Waals surface area contributed by atoms with Crippen molar-refractivity contribution in [2.24, 2.45) is 0 Å². The number of benzene rings is 8. The quantitative estimate of drug-likeness (QED) is 0.133. The van der Waals surface area contributed by atoms with Crippen LogP contribution < -0.4 is 31.8 Å². The zero-order chi connectivity index (χ0) is 33.9. The fraction of sp³-hybridized carbons (Fsp3) is 0.0833. The van der Waals surface area contributed by atoms with Gasteiger partial charge < -0.3 is 0 Å². The Morgan fingerprint density at radius 1 is 0.400 bits per heavy atom. The summed E-state index contributed by atoms with van der Waals surface area (Å²) >= 11 is 0. The van der Waals surface area contributed by atoms with Gasteiger partial charge in [-0.2, -0.15) is 0 Å². The molecule has 8 rings (SSSR count). The highest BCUT2D eigenvalue weighted by molar-refractivity contribution is 7.80. The first-order chi connectivity index (χ1) is 24.7. The standard InChI is InChI=1S/C48H40P2/c1-3-35(2)37-28-31-44-38(34-37)30-33-46(50(41-23-12-6-13-24-41)42-25-14-7-15-26-42)48(44)47-43-27-17-16-18-36(43)29-32-45(47)49(39-19-8-4-9-20-39)40-21-10-5-11-22-40/h4-35H,3H2,1-2H3. The van der Waals surface area contributed by atoms with Gasteiger partial charge in [-0.25, -0.2) is 0 Å². The number of hydrogen-bond donors (Lipinski definition) is 0. The lowest BCUT2D eigenvalue weighted by Gasteiger charge is -2.28. The van der Waals surface area contributed by atoms with E-state index in [4.69, 9.17) is 0 Å². The van der Waals surface area contributed by atoms with Crippen molar-refractivity contribution in [3.8, 4) is 11.1 Å². The molecule has 0 saturated heterocycles. The van der Waals surface area contributed by atoms with Gasteiger partial charge in [-0.3, -0.25) is 0 Å². The van der Waals surface area contributed by atoms with Crippen molar-refractivity contribution in [2.45, 2.75) is 26.2 Å². The van der Waals surface area contributed by atoms with Crippen molar-refractivity contribution in [1.29, 1.82) is 0 Å². The van der Waals surface area contributed by atoms with Crippen LogP contribution in [0.5, 0.6) is 0 Å². The Hall–Kier alpha value is -4.86. The van der Waals surface area contributed by atoms with Crippen LogP contribution in [-0.2, 0) is 0 Å². The molecule has 0 spiro atoms. The molecule has 0 aliphatic heterocycles. The molecule has 1 unspecified atom stereocenters. The maximum Gasteiger partial charge on any atom is -0.000883 e. The van der Waals surface area contributed by atoms with E-state index in [1.165, 1.54) is 70.1 Å². The fourth-order valence-corrected chi connectivity index (χ4v) is 12.1. The highest BCUT2D eigenvalue weighted by atomic mass is 31.1. The van der Waals surface area contributed by atoms with Crippen molar-refractivity contribution in [2.75, 3.05) is 0 Å². The summed E-state index contributed by atoms with van der Waals surface area (Å²) in [5.74, 6) is 0.505. The predicted molar refractivity (Wildman–Crippen MR) is 223 cm³/mol. The molecule has 0 bridgehead atoms. The van der Waals surface area contributed by atoms with Crippen molar-refractivity contribution in [3.63, 3.8) is 0 Å². The third-order valence-electron chi connectivity index (χ3n) is 9.90. The van der Waals surface area contributed by atoms with Crippen molar-refractivity contribution in [1.82, 2.24) is 0 Å². The van der Waals surface area contributed by atoms with Crippen molar-refractivity contribution >= 4 is 69.2 Å². The van der Waals surface area contributed by atoms with E-state index in [0.29, 0.717) is 5.92 Å². The Labute approximate surface area is 299 Å². The summed E-state index contributed by atoms with van der Waals surface area (Å²) in [5.41, 5.74) is 4.13. The Morgan fingerprint density at radius 3 is 1.26 bits per heavy atom. The molecule has 2 heteroatoms. The lowest BCUT2D eigenvalue weighted by molar-refractivity contribution is 0.735. The molecule has 0 N–H and O–H groups in total. The minimum atomic E-state index is -0.875. The molecular weight excluding hydrogens is 638 g/mol. The van der Waals surface area contributed by atoms with Gasteiger partial charge in [0.25, 0.3) is 0 Å². The van der Waals surface area contributed by atoms with Crippen molar-refractivity contribution < 1.29 is 0 Å². The number of rotatable bonds is 9. The molecular formula is C48H40P2. The SMILES string of the molecule is CCC(C)c1ccc2c(-c3c(P(c4ccccc4)c4ccccc4)ccc4ccccc34)c(P(c3ccccc3)c3ccccc3)ccc2c1. The first-order valence-electron chi connectivity index (χ1n) is 17.6. The highest BCUT2D eigenvalue weighted by Crippen LogP contribution is 2.46. The van der Waals surface area contributed by atoms with Gasteiger partial charge in [-0.05, 0) is 98.2 Å². The third kappa shape index (κ3) is 6.20. The molecule has 0 amide bonds. The second-order valence-corrected chi connectivity index (χ2v) is 17.3. The molecule has 8 aromatic carbocycles. The van der Waals surface area contributed by atoms with Gasteiger partial charge in [0, 0.05) is 0 Å². The Morgan fingerprint density at radius 2 is 0.800 bits per heavy atom. The molecule has 0 aromatic heterocycles. The van der Waals surface area contributed by atoms with E-state index in [2.05, 4.69) is 202 Å². The fourth-order valence-electron chi connectivity index (χ4n) is 7.20. The summed E-state index contributed by atoms with van der Waals surface area (Å²) in [5, 5.41) is 13.4. The van der Waals surface area contributed by atoms with Crippen LogP contribution in [-0.4, -0.2) is 0 Å². The van der Waals surface area contributed by atoms with Gasteiger partial charge in [-0.15, -0.1) is 0 Å². The summed E-state index contributed by atoms with van der Waals surface area (Å²) in [7, 11) is -1.75. The second kappa shape index (κ2) is 14.5. The van der Waals surface area contributed by atoms with Crippen LogP contribution in [0.2, 0.25) is 0 Å². The predicted octanol–water partition coefficient (Wildman–Crippen LogP) is 10.7. The van der Waals surface area contributed by atoms with Crippen LogP contribution in [0.1, 0.15) is 31.7 Å². The average Bonchev–Trinajstić information content (AvgIpc) is 3.19. The van der Waals surface area contributed by atoms with Crippen LogP contribution >= 0.6 is 15.8 Å². The number of fused-ring (bicyclic) bond motifs is 2. The summed E-state index contributed by atoms with van der Waals surface area (Å²) in [4.78, 5) is 0. The Balaban J connectivity index is 1.53. The first kappa shape index (κ1) is 32.4. The molecule has 50 heavy (non-hydrogen) atoms. The van der Waals surface area contributed by atoms with Crippen molar-refractivity contribution in [3.05, 3.63) is 194 Å². The van der Waals surface area contributed by atoms with E-state index in [-0.39, 0.29) is 0 Å². The molecule has 0 heterocycles. The molecule has 0 saturated carbocycles. The third-order valence-corrected chi connectivity index (χ3v) is 14.9. The van der Waals surface area contributed by atoms with Crippen LogP contribution in [0.4, 0.5) is 0 Å². The smallest absolute Gasteiger partial charge is 0.000883 e. The molecule has 0 aliphatic carbocycles. The van der Waals surface area contributed by atoms with Crippen LogP contribution in [0.3, 0.4) is 0 Å². The van der Waals surface area contributed by atoms with Gasteiger partial charge >= 0.3 is 0 Å². The molecule has 0 aliphatic rings. The summed E-state index contributed by atoms with van der Waals surface area (Å²) < 4.78 is 0. The van der Waals surface area contributed by atoms with Crippen LogP contribution in [0, 0.1) is 0 Å². The molecule has 0 radical (unpaired) electrons. The summed E-state index contributed by atoms with van der Waals surface area (Å²) in [6, 6.07) is 70.6. The Bertz CT molecular complexity index is 2290. The van der Waals surface area contributed by atoms with Gasteiger partial charge in [0.2, 0.25) is 0 Å². The average molecular weight is 679 g/mol. The van der Waals surface area contributed by atoms with Gasteiger partial charge in [0.1, 0.15) is 0 Å². The van der Waals surface area contributed by atoms with Gasteiger partial charge in [0.15, 0.2) is 0 Å². The normalized spacial score (nSPS) is 12.2. The van der Waals surface area contributed by atoms with E-state index in [0.717, 1.165) is 6.42 Å². The lowest BCUT2D eigenvalue weighted by atomic mass is 9.90. The second-order valence-electron chi connectivity index (χ2n) is 12.9. The van der Waals surface area contributed by atoms with E-state index in [1.54, 1.807) is 0 Å². The largest absolute Gasteiger partial charge is 0.0648 e. The van der Waals surface area contributed by atoms with Gasteiger partial charge in [-0.1, -0.05) is 202 Å². The highest BCUT2D eigenvalue weighted by Gasteiger charge is 2.28. The molecule has 0 nitrogen and oxygen atoms in total. The maximum absolute atomic E-state index is 2.46. The lowest BCUT2D eigenvalue weighted by Crippen LogP contribution is -2.26. The van der Waals surface area contributed by atoms with E-state index in [9.17, 15) is 0 Å². The summed E-state index contributed by atoms with van der Waals surface area (Å²) in [6.45, 7) is 4.63. The molecule has 242 valence electrons.